The Labute approximate surface area is 136 Å². The summed E-state index contributed by atoms with van der Waals surface area (Å²) in [5.41, 5.74) is 12.5. The Morgan fingerprint density at radius 1 is 1.00 bits per heavy atom. The smallest absolute Gasteiger partial charge is 0.138 e. The number of fused-ring (bicyclic) bond motifs is 1. The van der Waals surface area contributed by atoms with Crippen molar-refractivity contribution in [1.29, 1.82) is 0 Å². The van der Waals surface area contributed by atoms with Crippen LogP contribution in [0.1, 0.15) is 16.7 Å². The highest BCUT2D eigenvalue weighted by Crippen LogP contribution is 2.23. The van der Waals surface area contributed by atoms with Crippen molar-refractivity contribution in [3.8, 4) is 11.4 Å². The van der Waals surface area contributed by atoms with Crippen molar-refractivity contribution < 1.29 is 0 Å². The van der Waals surface area contributed by atoms with Crippen molar-refractivity contribution in [3.05, 3.63) is 53.1 Å². The van der Waals surface area contributed by atoms with E-state index in [1.165, 1.54) is 11.1 Å². The summed E-state index contributed by atoms with van der Waals surface area (Å²) >= 11 is 0. The first-order chi connectivity index (χ1) is 9.17. The molecular formula is C16H19Cl2N3. The van der Waals surface area contributed by atoms with Gasteiger partial charge in [-0.25, -0.2) is 4.98 Å². The van der Waals surface area contributed by atoms with Crippen molar-refractivity contribution in [1.82, 2.24) is 9.97 Å². The minimum Gasteiger partial charge on any atom is -0.338 e. The predicted molar refractivity (Wildman–Crippen MR) is 93.4 cm³/mol. The highest BCUT2D eigenvalue weighted by Gasteiger charge is 2.06. The average Bonchev–Trinajstić information content (AvgIpc) is 2.82. The Bertz CT molecular complexity index is 694. The molecule has 0 atom stereocenters. The molecule has 0 radical (unpaired) electrons. The van der Waals surface area contributed by atoms with Gasteiger partial charge in [0.05, 0.1) is 11.0 Å². The standard InChI is InChI=1S/C16H17N3.2ClH/c1-10-7-14-15(8-11(10)2)19-16(18-14)13-5-3-12(9-17)4-6-13;;/h3-8H,9,17H2,1-2H3,(H,18,19);2*1H. The quantitative estimate of drug-likeness (QED) is 0.744. The fourth-order valence-electron chi connectivity index (χ4n) is 2.20. The fourth-order valence-corrected chi connectivity index (χ4v) is 2.20. The van der Waals surface area contributed by atoms with Gasteiger partial charge in [0.25, 0.3) is 0 Å². The van der Waals surface area contributed by atoms with E-state index in [4.69, 9.17) is 5.73 Å². The van der Waals surface area contributed by atoms with Crippen LogP contribution in [0.2, 0.25) is 0 Å². The maximum atomic E-state index is 5.61. The molecule has 5 heteroatoms. The van der Waals surface area contributed by atoms with Crippen LogP contribution in [0.4, 0.5) is 0 Å². The summed E-state index contributed by atoms with van der Waals surface area (Å²) in [6, 6.07) is 12.5. The van der Waals surface area contributed by atoms with E-state index in [1.54, 1.807) is 0 Å². The predicted octanol–water partition coefficient (Wildman–Crippen LogP) is 4.15. The zero-order valence-electron chi connectivity index (χ0n) is 12.0. The largest absolute Gasteiger partial charge is 0.338 e. The molecule has 1 heterocycles. The highest BCUT2D eigenvalue weighted by molar-refractivity contribution is 5.85. The first-order valence-electron chi connectivity index (χ1n) is 6.44. The number of nitrogens with zero attached hydrogens (tertiary/aromatic N) is 1. The second-order valence-electron chi connectivity index (χ2n) is 4.94. The van der Waals surface area contributed by atoms with Gasteiger partial charge in [-0.05, 0) is 42.7 Å². The zero-order chi connectivity index (χ0) is 13.4. The highest BCUT2D eigenvalue weighted by atomic mass is 35.5. The van der Waals surface area contributed by atoms with Gasteiger partial charge in [0.2, 0.25) is 0 Å². The van der Waals surface area contributed by atoms with Gasteiger partial charge in [0, 0.05) is 12.1 Å². The molecule has 21 heavy (non-hydrogen) atoms. The number of aromatic amines is 1. The normalized spacial score (nSPS) is 10.0. The third kappa shape index (κ3) is 3.38. The molecule has 2 aromatic carbocycles. The Morgan fingerprint density at radius 2 is 1.62 bits per heavy atom. The number of aromatic nitrogens is 2. The fraction of sp³-hybridized carbons (Fsp3) is 0.188. The van der Waals surface area contributed by atoms with Gasteiger partial charge >= 0.3 is 0 Å². The van der Waals surface area contributed by atoms with Crippen LogP contribution in [0, 0.1) is 13.8 Å². The summed E-state index contributed by atoms with van der Waals surface area (Å²) in [5.74, 6) is 0.906. The lowest BCUT2D eigenvalue weighted by Crippen LogP contribution is -1.95. The summed E-state index contributed by atoms with van der Waals surface area (Å²) in [7, 11) is 0. The van der Waals surface area contributed by atoms with Crippen molar-refractivity contribution in [2.24, 2.45) is 5.73 Å². The Kier molecular flexibility index (Phi) is 5.78. The molecule has 0 fully saturated rings. The summed E-state index contributed by atoms with van der Waals surface area (Å²) in [6.45, 7) is 4.79. The SMILES string of the molecule is Cc1cc2nc(-c3ccc(CN)cc3)[nH]c2cc1C.Cl.Cl. The number of H-pyrrole nitrogens is 1. The topological polar surface area (TPSA) is 54.7 Å². The number of halogens is 2. The third-order valence-electron chi connectivity index (χ3n) is 3.56. The van der Waals surface area contributed by atoms with E-state index in [1.807, 2.05) is 12.1 Å². The number of benzene rings is 2. The first-order valence-corrected chi connectivity index (χ1v) is 6.44. The van der Waals surface area contributed by atoms with Gasteiger partial charge in [-0.1, -0.05) is 24.3 Å². The number of rotatable bonds is 2. The molecule has 3 rings (SSSR count). The van der Waals surface area contributed by atoms with E-state index < -0.39 is 0 Å². The van der Waals surface area contributed by atoms with Crippen molar-refractivity contribution >= 4 is 35.8 Å². The van der Waals surface area contributed by atoms with Gasteiger partial charge in [-0.15, -0.1) is 24.8 Å². The van der Waals surface area contributed by atoms with E-state index >= 15 is 0 Å². The van der Waals surface area contributed by atoms with Crippen LogP contribution in [0.3, 0.4) is 0 Å². The molecule has 0 aliphatic rings. The molecule has 112 valence electrons. The summed E-state index contributed by atoms with van der Waals surface area (Å²) in [4.78, 5) is 8.03. The molecule has 1 aromatic heterocycles. The lowest BCUT2D eigenvalue weighted by Gasteiger charge is -1.98. The lowest BCUT2D eigenvalue weighted by molar-refractivity contribution is 1.07. The molecule has 0 bridgehead atoms. The van der Waals surface area contributed by atoms with Gasteiger partial charge in [0.1, 0.15) is 5.82 Å². The van der Waals surface area contributed by atoms with Crippen LogP contribution < -0.4 is 5.73 Å². The van der Waals surface area contributed by atoms with E-state index in [0.717, 1.165) is 28.0 Å². The van der Waals surface area contributed by atoms with Crippen LogP contribution >= 0.6 is 24.8 Å². The molecule has 0 aliphatic carbocycles. The molecule has 0 amide bonds. The maximum Gasteiger partial charge on any atom is 0.138 e. The maximum absolute atomic E-state index is 5.61. The zero-order valence-corrected chi connectivity index (χ0v) is 13.6. The minimum absolute atomic E-state index is 0. The minimum atomic E-state index is 0. The molecule has 3 aromatic rings. The molecule has 0 aliphatic heterocycles. The number of imidazole rings is 1. The average molecular weight is 324 g/mol. The summed E-state index contributed by atoms with van der Waals surface area (Å²) in [6.07, 6.45) is 0. The van der Waals surface area contributed by atoms with Gasteiger partial charge in [-0.2, -0.15) is 0 Å². The van der Waals surface area contributed by atoms with E-state index in [0.29, 0.717) is 6.54 Å². The van der Waals surface area contributed by atoms with E-state index in [9.17, 15) is 0 Å². The van der Waals surface area contributed by atoms with Crippen LogP contribution in [-0.4, -0.2) is 9.97 Å². The lowest BCUT2D eigenvalue weighted by atomic mass is 10.1. The molecule has 0 saturated carbocycles. The molecule has 3 nitrogen and oxygen atoms in total. The monoisotopic (exact) mass is 323 g/mol. The Hall–Kier alpha value is -1.55. The third-order valence-corrected chi connectivity index (χ3v) is 3.56. The van der Waals surface area contributed by atoms with E-state index in [2.05, 4.69) is 48.1 Å². The molecule has 3 N–H and O–H groups in total. The van der Waals surface area contributed by atoms with Gasteiger partial charge < -0.3 is 10.7 Å². The van der Waals surface area contributed by atoms with Crippen molar-refractivity contribution in [2.75, 3.05) is 0 Å². The van der Waals surface area contributed by atoms with Crippen LogP contribution in [-0.2, 0) is 6.54 Å². The van der Waals surface area contributed by atoms with Gasteiger partial charge in [0.15, 0.2) is 0 Å². The summed E-state index contributed by atoms with van der Waals surface area (Å²) < 4.78 is 0. The number of hydrogen-bond donors (Lipinski definition) is 2. The molecule has 0 spiro atoms. The van der Waals surface area contributed by atoms with Crippen molar-refractivity contribution in [2.45, 2.75) is 20.4 Å². The van der Waals surface area contributed by atoms with E-state index in [-0.39, 0.29) is 24.8 Å². The van der Waals surface area contributed by atoms with Crippen LogP contribution in [0.5, 0.6) is 0 Å². The number of nitrogens with one attached hydrogen (secondary N) is 1. The first kappa shape index (κ1) is 17.5. The molecule has 0 saturated heterocycles. The number of hydrogen-bond acceptors (Lipinski definition) is 2. The van der Waals surface area contributed by atoms with Crippen LogP contribution in [0.15, 0.2) is 36.4 Å². The molecular weight excluding hydrogens is 305 g/mol. The number of aryl methyl sites for hydroxylation is 2. The van der Waals surface area contributed by atoms with Gasteiger partial charge in [-0.3, -0.25) is 0 Å². The summed E-state index contributed by atoms with van der Waals surface area (Å²) in [5, 5.41) is 0. The Balaban J connectivity index is 0.00000110. The second-order valence-corrected chi connectivity index (χ2v) is 4.94. The Morgan fingerprint density at radius 3 is 2.24 bits per heavy atom. The molecule has 0 unspecified atom stereocenters. The van der Waals surface area contributed by atoms with Crippen LogP contribution in [0.25, 0.3) is 22.4 Å². The van der Waals surface area contributed by atoms with Crippen molar-refractivity contribution in [3.63, 3.8) is 0 Å². The number of nitrogens with two attached hydrogens (primary N) is 1. The second kappa shape index (κ2) is 6.94.